The van der Waals surface area contributed by atoms with Crippen LogP contribution in [0.15, 0.2) is 18.2 Å². The number of nitrogens with two attached hydrogens (primary N) is 1. The molecule has 0 aromatic heterocycles. The molecular formula is C17H27ClN4O4. The van der Waals surface area contributed by atoms with E-state index in [9.17, 15) is 14.9 Å². The Morgan fingerprint density at radius 3 is 2.88 bits per heavy atom. The van der Waals surface area contributed by atoms with E-state index in [0.717, 1.165) is 31.4 Å². The van der Waals surface area contributed by atoms with Gasteiger partial charge in [-0.1, -0.05) is 12.5 Å². The van der Waals surface area contributed by atoms with Crippen LogP contribution in [0.5, 0.6) is 5.75 Å². The first-order chi connectivity index (χ1) is 12.0. The Balaban J connectivity index is 0.00000338. The van der Waals surface area contributed by atoms with Crippen molar-refractivity contribution in [1.29, 1.82) is 0 Å². The standard InChI is InChI=1S/C17H26N4O4.ClH/c1-25-16-6-5-13(10-15(16)21(23)24)12-20-9-3-2-4-14(20)11-19-17(22)7-8-18;/h5-6,10,14H,2-4,7-9,11-12,18H2,1H3,(H,19,22);1H. The Morgan fingerprint density at radius 2 is 2.23 bits per heavy atom. The number of nitrogens with zero attached hydrogens (tertiary/aromatic N) is 2. The molecule has 1 aliphatic heterocycles. The number of nitro benzene ring substituents is 1. The van der Waals surface area contributed by atoms with Crippen molar-refractivity contribution in [2.45, 2.75) is 38.3 Å². The first kappa shape index (κ1) is 22.1. The van der Waals surface area contributed by atoms with Crippen LogP contribution in [0.1, 0.15) is 31.2 Å². The molecule has 0 aliphatic carbocycles. The Hall–Kier alpha value is -1.90. The summed E-state index contributed by atoms with van der Waals surface area (Å²) in [6.45, 7) is 2.45. The van der Waals surface area contributed by atoms with Gasteiger partial charge in [-0.05, 0) is 31.0 Å². The fourth-order valence-electron chi connectivity index (χ4n) is 3.16. The van der Waals surface area contributed by atoms with Crippen LogP contribution < -0.4 is 15.8 Å². The van der Waals surface area contributed by atoms with Crippen molar-refractivity contribution in [2.24, 2.45) is 5.73 Å². The summed E-state index contributed by atoms with van der Waals surface area (Å²) in [5, 5.41) is 14.1. The normalized spacial score (nSPS) is 17.2. The number of hydrogen-bond acceptors (Lipinski definition) is 6. The largest absolute Gasteiger partial charge is 0.490 e. The van der Waals surface area contributed by atoms with E-state index < -0.39 is 4.92 Å². The number of nitro groups is 1. The summed E-state index contributed by atoms with van der Waals surface area (Å²) in [5.41, 5.74) is 6.24. The number of rotatable bonds is 8. The number of likely N-dealkylation sites (tertiary alicyclic amines) is 1. The predicted molar refractivity (Wildman–Crippen MR) is 102 cm³/mol. The maximum absolute atomic E-state index is 11.6. The fourth-order valence-corrected chi connectivity index (χ4v) is 3.16. The number of nitrogens with one attached hydrogen (secondary N) is 1. The molecule has 0 bridgehead atoms. The maximum Gasteiger partial charge on any atom is 0.311 e. The number of carbonyl (C=O) groups is 1. The molecule has 146 valence electrons. The molecule has 1 aromatic rings. The number of methoxy groups -OCH3 is 1. The molecule has 1 fully saturated rings. The van der Waals surface area contributed by atoms with Crippen molar-refractivity contribution < 1.29 is 14.5 Å². The lowest BCUT2D eigenvalue weighted by molar-refractivity contribution is -0.385. The van der Waals surface area contributed by atoms with E-state index in [0.29, 0.717) is 26.1 Å². The molecule has 1 aromatic carbocycles. The molecule has 8 nitrogen and oxygen atoms in total. The van der Waals surface area contributed by atoms with Gasteiger partial charge in [-0.15, -0.1) is 12.4 Å². The van der Waals surface area contributed by atoms with Gasteiger partial charge in [-0.2, -0.15) is 0 Å². The molecule has 26 heavy (non-hydrogen) atoms. The van der Waals surface area contributed by atoms with Gasteiger partial charge in [0, 0.05) is 38.2 Å². The van der Waals surface area contributed by atoms with E-state index in [1.165, 1.54) is 7.11 Å². The van der Waals surface area contributed by atoms with Crippen LogP contribution in [0, 0.1) is 10.1 Å². The van der Waals surface area contributed by atoms with Gasteiger partial charge in [0.1, 0.15) is 0 Å². The maximum atomic E-state index is 11.6. The highest BCUT2D eigenvalue weighted by molar-refractivity contribution is 5.85. The Labute approximate surface area is 159 Å². The Kier molecular flexibility index (Phi) is 9.32. The van der Waals surface area contributed by atoms with Crippen LogP contribution in [-0.4, -0.2) is 48.5 Å². The number of piperidine rings is 1. The van der Waals surface area contributed by atoms with Crippen molar-refractivity contribution in [1.82, 2.24) is 10.2 Å². The summed E-state index contributed by atoms with van der Waals surface area (Å²) in [6, 6.07) is 5.29. The Bertz CT molecular complexity index is 614. The van der Waals surface area contributed by atoms with Gasteiger partial charge in [0.15, 0.2) is 5.75 Å². The molecule has 9 heteroatoms. The minimum absolute atomic E-state index is 0. The van der Waals surface area contributed by atoms with Gasteiger partial charge < -0.3 is 15.8 Å². The highest BCUT2D eigenvalue weighted by Gasteiger charge is 2.24. The van der Waals surface area contributed by atoms with E-state index in [4.69, 9.17) is 10.5 Å². The molecule has 0 spiro atoms. The van der Waals surface area contributed by atoms with Gasteiger partial charge in [0.05, 0.1) is 12.0 Å². The quantitative estimate of drug-likeness (QED) is 0.521. The van der Waals surface area contributed by atoms with Crippen LogP contribution in [0.2, 0.25) is 0 Å². The number of benzene rings is 1. The van der Waals surface area contributed by atoms with Gasteiger partial charge in [-0.3, -0.25) is 19.8 Å². The van der Waals surface area contributed by atoms with E-state index in [-0.39, 0.29) is 35.8 Å². The second-order valence-corrected chi connectivity index (χ2v) is 6.23. The molecule has 1 unspecified atom stereocenters. The molecular weight excluding hydrogens is 360 g/mol. The lowest BCUT2D eigenvalue weighted by atomic mass is 10.0. The summed E-state index contributed by atoms with van der Waals surface area (Å²) in [5.74, 6) is 0.228. The van der Waals surface area contributed by atoms with Crippen LogP contribution >= 0.6 is 12.4 Å². The average Bonchev–Trinajstić information content (AvgIpc) is 2.61. The van der Waals surface area contributed by atoms with Crippen LogP contribution in [0.25, 0.3) is 0 Å². The number of ether oxygens (including phenoxy) is 1. The summed E-state index contributed by atoms with van der Waals surface area (Å²) in [7, 11) is 1.42. The SMILES string of the molecule is COc1ccc(CN2CCCCC2CNC(=O)CCN)cc1[N+](=O)[O-].Cl. The zero-order valence-electron chi connectivity index (χ0n) is 15.0. The lowest BCUT2D eigenvalue weighted by Crippen LogP contribution is -2.46. The average molecular weight is 387 g/mol. The van der Waals surface area contributed by atoms with E-state index in [2.05, 4.69) is 10.2 Å². The molecule has 2 rings (SSSR count). The van der Waals surface area contributed by atoms with Crippen molar-refractivity contribution in [2.75, 3.05) is 26.7 Å². The van der Waals surface area contributed by atoms with Crippen molar-refractivity contribution in [3.63, 3.8) is 0 Å². The van der Waals surface area contributed by atoms with E-state index in [1.807, 2.05) is 6.07 Å². The number of amides is 1. The van der Waals surface area contributed by atoms with Gasteiger partial charge in [0.25, 0.3) is 0 Å². The number of halogens is 1. The van der Waals surface area contributed by atoms with Crippen LogP contribution in [0.4, 0.5) is 5.69 Å². The molecule has 1 atom stereocenters. The van der Waals surface area contributed by atoms with Crippen LogP contribution in [0.3, 0.4) is 0 Å². The third-order valence-corrected chi connectivity index (χ3v) is 4.48. The fraction of sp³-hybridized carbons (Fsp3) is 0.588. The van der Waals surface area contributed by atoms with Gasteiger partial charge in [0.2, 0.25) is 5.91 Å². The first-order valence-corrected chi connectivity index (χ1v) is 8.57. The third-order valence-electron chi connectivity index (χ3n) is 4.48. The van der Waals surface area contributed by atoms with E-state index in [1.54, 1.807) is 12.1 Å². The summed E-state index contributed by atoms with van der Waals surface area (Å²) < 4.78 is 5.05. The number of carbonyl (C=O) groups excluding carboxylic acids is 1. The first-order valence-electron chi connectivity index (χ1n) is 8.57. The summed E-state index contributed by atoms with van der Waals surface area (Å²) >= 11 is 0. The smallest absolute Gasteiger partial charge is 0.311 e. The second kappa shape index (κ2) is 10.9. The molecule has 1 saturated heterocycles. The van der Waals surface area contributed by atoms with Gasteiger partial charge >= 0.3 is 5.69 Å². The predicted octanol–water partition coefficient (Wildman–Crippen LogP) is 1.84. The number of hydrogen-bond donors (Lipinski definition) is 2. The highest BCUT2D eigenvalue weighted by Crippen LogP contribution is 2.29. The monoisotopic (exact) mass is 386 g/mol. The minimum atomic E-state index is -0.428. The minimum Gasteiger partial charge on any atom is -0.490 e. The molecule has 0 radical (unpaired) electrons. The second-order valence-electron chi connectivity index (χ2n) is 6.23. The Morgan fingerprint density at radius 1 is 1.46 bits per heavy atom. The molecule has 1 heterocycles. The lowest BCUT2D eigenvalue weighted by Gasteiger charge is -2.35. The zero-order chi connectivity index (χ0) is 18.2. The highest BCUT2D eigenvalue weighted by atomic mass is 35.5. The van der Waals surface area contributed by atoms with Crippen molar-refractivity contribution in [3.05, 3.63) is 33.9 Å². The summed E-state index contributed by atoms with van der Waals surface area (Å²) in [4.78, 5) is 24.7. The van der Waals surface area contributed by atoms with Crippen molar-refractivity contribution >= 4 is 24.0 Å². The van der Waals surface area contributed by atoms with E-state index >= 15 is 0 Å². The van der Waals surface area contributed by atoms with Crippen LogP contribution in [-0.2, 0) is 11.3 Å². The summed E-state index contributed by atoms with van der Waals surface area (Å²) in [6.07, 6.45) is 3.54. The zero-order valence-corrected chi connectivity index (χ0v) is 15.8. The molecule has 1 aliphatic rings. The van der Waals surface area contributed by atoms with Gasteiger partial charge in [-0.25, -0.2) is 0 Å². The topological polar surface area (TPSA) is 111 Å². The molecule has 0 saturated carbocycles. The van der Waals surface area contributed by atoms with Crippen molar-refractivity contribution in [3.8, 4) is 5.75 Å². The molecule has 1 amide bonds. The molecule has 3 N–H and O–H groups in total. The third kappa shape index (κ3) is 6.12.